The van der Waals surface area contributed by atoms with E-state index < -0.39 is 27.3 Å². The van der Waals surface area contributed by atoms with Gasteiger partial charge in [0.15, 0.2) is 0 Å². The fraction of sp³-hybridized carbons (Fsp3) is 0.857. The summed E-state index contributed by atoms with van der Waals surface area (Å²) in [5, 5.41) is 0.658. The van der Waals surface area contributed by atoms with Crippen LogP contribution in [-0.4, -0.2) is 52.4 Å². The Morgan fingerprint density at radius 3 is 2.59 bits per heavy atom. The average Bonchev–Trinajstić information content (AvgIpc) is 2.42. The lowest BCUT2D eigenvalue weighted by Crippen LogP contribution is -2.43. The van der Waals surface area contributed by atoms with Gasteiger partial charge >= 0.3 is 16.4 Å². The molecule has 0 saturated carbocycles. The van der Waals surface area contributed by atoms with Crippen molar-refractivity contribution >= 4 is 39.6 Å². The maximum atomic E-state index is 11.8. The third kappa shape index (κ3) is 2.60. The fourth-order valence-electron chi connectivity index (χ4n) is 2.12. The van der Waals surface area contributed by atoms with Crippen molar-refractivity contribution in [1.82, 2.24) is 9.96 Å². The van der Waals surface area contributed by atoms with Crippen LogP contribution in [0.25, 0.3) is 0 Å². The number of alkyl halides is 2. The third-order valence-corrected chi connectivity index (χ3v) is 3.77. The molecule has 2 heterocycles. The minimum atomic E-state index is -4.70. The van der Waals surface area contributed by atoms with E-state index in [4.69, 9.17) is 27.8 Å². The van der Waals surface area contributed by atoms with E-state index in [1.807, 2.05) is 0 Å². The van der Waals surface area contributed by atoms with Gasteiger partial charge in [-0.25, -0.2) is 4.79 Å². The molecule has 17 heavy (non-hydrogen) atoms. The maximum absolute atomic E-state index is 11.8. The van der Waals surface area contributed by atoms with Gasteiger partial charge in [0, 0.05) is 6.54 Å². The topological polar surface area (TPSA) is 87.2 Å². The van der Waals surface area contributed by atoms with Crippen LogP contribution >= 0.6 is 23.2 Å². The predicted molar refractivity (Wildman–Crippen MR) is 58.9 cm³/mol. The minimum Gasteiger partial charge on any atom is -0.315 e. The third-order valence-electron chi connectivity index (χ3n) is 2.83. The first-order valence-corrected chi connectivity index (χ1v) is 7.08. The van der Waals surface area contributed by atoms with Crippen molar-refractivity contribution in [2.75, 3.05) is 6.54 Å². The second-order valence-corrected chi connectivity index (χ2v) is 6.06. The number of nitrogens with zero attached hydrogens (tertiary/aromatic N) is 2. The number of piperidine rings is 1. The van der Waals surface area contributed by atoms with Gasteiger partial charge in [-0.15, -0.1) is 27.5 Å². The second-order valence-electron chi connectivity index (χ2n) is 3.90. The average molecular weight is 305 g/mol. The number of rotatable bonds is 3. The molecule has 2 saturated heterocycles. The van der Waals surface area contributed by atoms with Crippen LogP contribution in [0.5, 0.6) is 0 Å². The quantitative estimate of drug-likeness (QED) is 0.615. The number of hydroxylamine groups is 2. The summed E-state index contributed by atoms with van der Waals surface area (Å²) in [6.07, 6.45) is 1.07. The molecule has 1 N–H and O–H groups in total. The van der Waals surface area contributed by atoms with Crippen LogP contribution < -0.4 is 0 Å². The SMILES string of the molecule is O=C1N2C[C@@H](CC[C@H]2C(Cl)Cl)N1OS(=O)(=O)O. The molecule has 0 aliphatic carbocycles. The van der Waals surface area contributed by atoms with E-state index in [1.165, 1.54) is 4.90 Å². The standard InChI is InChI=1S/C7H10Cl2N2O5S/c8-6(9)5-2-1-4-3-10(5)7(12)11(4)16-17(13,14)15/h4-6H,1-3H2,(H,13,14,15)/t4-,5+/m1/s1. The number of hydrogen-bond acceptors (Lipinski definition) is 4. The zero-order chi connectivity index (χ0) is 12.8. The summed E-state index contributed by atoms with van der Waals surface area (Å²) in [6.45, 7) is 0.287. The highest BCUT2D eigenvalue weighted by Gasteiger charge is 2.48. The van der Waals surface area contributed by atoms with Crippen molar-refractivity contribution < 1.29 is 22.0 Å². The molecule has 2 amide bonds. The fourth-order valence-corrected chi connectivity index (χ4v) is 3.04. The molecule has 2 fully saturated rings. The first-order valence-electron chi connectivity index (χ1n) is 4.84. The number of fused-ring (bicyclic) bond motifs is 2. The molecular formula is C7H10Cl2N2O5S. The van der Waals surface area contributed by atoms with Crippen LogP contribution in [0.3, 0.4) is 0 Å². The van der Waals surface area contributed by atoms with E-state index in [-0.39, 0.29) is 12.6 Å². The van der Waals surface area contributed by atoms with Gasteiger partial charge in [-0.2, -0.15) is 13.5 Å². The molecule has 98 valence electrons. The Hall–Kier alpha value is -0.280. The maximum Gasteiger partial charge on any atom is 0.418 e. The Morgan fingerprint density at radius 2 is 2.06 bits per heavy atom. The summed E-state index contributed by atoms with van der Waals surface area (Å²) in [6, 6.07) is -1.42. The number of hydrogen-bond donors (Lipinski definition) is 1. The van der Waals surface area contributed by atoms with Gasteiger partial charge < -0.3 is 4.90 Å². The van der Waals surface area contributed by atoms with Crippen molar-refractivity contribution in [2.24, 2.45) is 0 Å². The summed E-state index contributed by atoms with van der Waals surface area (Å²) < 4.78 is 34.0. The molecule has 2 atom stereocenters. The summed E-state index contributed by atoms with van der Waals surface area (Å²) in [5.41, 5.74) is 0. The van der Waals surface area contributed by atoms with E-state index in [2.05, 4.69) is 4.28 Å². The Morgan fingerprint density at radius 1 is 1.41 bits per heavy atom. The highest BCUT2D eigenvalue weighted by Crippen LogP contribution is 2.34. The smallest absolute Gasteiger partial charge is 0.315 e. The predicted octanol–water partition coefficient (Wildman–Crippen LogP) is 0.793. The molecular weight excluding hydrogens is 295 g/mol. The highest BCUT2D eigenvalue weighted by atomic mass is 35.5. The molecule has 0 aromatic carbocycles. The van der Waals surface area contributed by atoms with Gasteiger partial charge in [0.05, 0.1) is 12.1 Å². The number of carbonyl (C=O) groups excluding carboxylic acids is 1. The van der Waals surface area contributed by atoms with Crippen molar-refractivity contribution in [1.29, 1.82) is 0 Å². The van der Waals surface area contributed by atoms with Crippen LogP contribution in [0.4, 0.5) is 4.79 Å². The lowest BCUT2D eigenvalue weighted by Gasteiger charge is -2.30. The van der Waals surface area contributed by atoms with Crippen molar-refractivity contribution in [3.05, 3.63) is 0 Å². The monoisotopic (exact) mass is 304 g/mol. The number of amides is 2. The molecule has 2 aliphatic heterocycles. The first-order chi connectivity index (χ1) is 7.79. The molecule has 0 radical (unpaired) electrons. The summed E-state index contributed by atoms with van der Waals surface area (Å²) >= 11 is 11.5. The van der Waals surface area contributed by atoms with Gasteiger partial charge in [0.1, 0.15) is 4.84 Å². The van der Waals surface area contributed by atoms with E-state index in [9.17, 15) is 13.2 Å². The molecule has 7 nitrogen and oxygen atoms in total. The number of carbonyl (C=O) groups is 1. The molecule has 0 aromatic heterocycles. The van der Waals surface area contributed by atoms with Crippen LogP contribution in [0.2, 0.25) is 0 Å². The van der Waals surface area contributed by atoms with Crippen LogP contribution in [0, 0.1) is 0 Å². The normalized spacial score (nSPS) is 29.3. The van der Waals surface area contributed by atoms with Crippen molar-refractivity contribution in [3.8, 4) is 0 Å². The first kappa shape index (κ1) is 13.2. The largest absolute Gasteiger partial charge is 0.418 e. The summed E-state index contributed by atoms with van der Waals surface area (Å²) in [5.74, 6) is 0. The lowest BCUT2D eigenvalue weighted by molar-refractivity contribution is -0.0317. The number of halogens is 2. The zero-order valence-corrected chi connectivity index (χ0v) is 10.8. The Labute approximate surface area is 108 Å². The van der Waals surface area contributed by atoms with Gasteiger partial charge in [0.25, 0.3) is 0 Å². The zero-order valence-electron chi connectivity index (χ0n) is 8.49. The molecule has 2 rings (SSSR count). The van der Waals surface area contributed by atoms with Crippen molar-refractivity contribution in [2.45, 2.75) is 29.8 Å². The Bertz CT molecular complexity index is 428. The lowest BCUT2D eigenvalue weighted by atomic mass is 10.0. The van der Waals surface area contributed by atoms with Gasteiger partial charge in [-0.3, -0.25) is 4.55 Å². The second kappa shape index (κ2) is 4.43. The summed E-state index contributed by atoms with van der Waals surface area (Å²) in [7, 11) is -4.70. The molecule has 2 bridgehead atoms. The molecule has 10 heteroatoms. The minimum absolute atomic E-state index is 0.287. The van der Waals surface area contributed by atoms with E-state index in [0.29, 0.717) is 17.9 Å². The Kier molecular flexibility index (Phi) is 3.43. The molecule has 0 spiro atoms. The van der Waals surface area contributed by atoms with Crippen molar-refractivity contribution in [3.63, 3.8) is 0 Å². The van der Waals surface area contributed by atoms with E-state index >= 15 is 0 Å². The van der Waals surface area contributed by atoms with E-state index in [1.54, 1.807) is 0 Å². The van der Waals surface area contributed by atoms with E-state index in [0.717, 1.165) is 0 Å². The molecule has 0 unspecified atom stereocenters. The van der Waals surface area contributed by atoms with Crippen LogP contribution in [0.1, 0.15) is 12.8 Å². The van der Waals surface area contributed by atoms with Gasteiger partial charge in [-0.1, -0.05) is 0 Å². The highest BCUT2D eigenvalue weighted by molar-refractivity contribution is 7.80. The van der Waals surface area contributed by atoms with Crippen LogP contribution in [-0.2, 0) is 14.7 Å². The number of urea groups is 1. The van der Waals surface area contributed by atoms with Crippen LogP contribution in [0.15, 0.2) is 0 Å². The summed E-state index contributed by atoms with van der Waals surface area (Å²) in [4.78, 5) is 12.4. The van der Waals surface area contributed by atoms with Gasteiger partial charge in [0.2, 0.25) is 0 Å². The van der Waals surface area contributed by atoms with Gasteiger partial charge in [-0.05, 0) is 12.8 Å². The molecule has 2 aliphatic rings. The molecule has 0 aromatic rings. The Balaban J connectivity index is 2.17.